The van der Waals surface area contributed by atoms with Crippen LogP contribution in [-0.4, -0.2) is 56.5 Å². The highest BCUT2D eigenvalue weighted by molar-refractivity contribution is 5.96. The molecule has 10 nitrogen and oxygen atoms in total. The molecule has 190 valence electrons. The number of carbonyl (C=O) groups excluding carboxylic acids is 2. The maximum Gasteiger partial charge on any atom is 0.325 e. The second-order valence-electron chi connectivity index (χ2n) is 8.93. The van der Waals surface area contributed by atoms with Gasteiger partial charge in [-0.2, -0.15) is 0 Å². The lowest BCUT2D eigenvalue weighted by Crippen LogP contribution is -2.42. The first-order valence-electron chi connectivity index (χ1n) is 12.3. The minimum Gasteiger partial charge on any atom is -0.481 e. The fourth-order valence-electron chi connectivity index (χ4n) is 4.74. The molecule has 1 saturated carbocycles. The Morgan fingerprint density at radius 1 is 1.22 bits per heavy atom. The number of rotatable bonds is 10. The van der Waals surface area contributed by atoms with Gasteiger partial charge in [0.05, 0.1) is 13.0 Å². The molecule has 0 aromatic carbocycles. The number of imidazole rings is 1. The minimum absolute atomic E-state index is 0.0462. The molecule has 0 radical (unpaired) electrons. The van der Waals surface area contributed by atoms with Crippen LogP contribution in [0.15, 0.2) is 42.9 Å². The number of ether oxygens (including phenoxy) is 1. The zero-order chi connectivity index (χ0) is 25.5. The second kappa shape index (κ2) is 11.7. The van der Waals surface area contributed by atoms with Gasteiger partial charge in [-0.05, 0) is 49.9 Å². The highest BCUT2D eigenvalue weighted by atomic mass is 16.5. The second-order valence-corrected chi connectivity index (χ2v) is 8.93. The van der Waals surface area contributed by atoms with Crippen LogP contribution in [0.4, 0.5) is 5.82 Å². The van der Waals surface area contributed by atoms with Crippen LogP contribution in [0.2, 0.25) is 0 Å². The van der Waals surface area contributed by atoms with E-state index >= 15 is 0 Å². The maximum atomic E-state index is 13.1. The third-order valence-corrected chi connectivity index (χ3v) is 6.46. The van der Waals surface area contributed by atoms with Gasteiger partial charge in [0.1, 0.15) is 23.7 Å². The highest BCUT2D eigenvalue weighted by Gasteiger charge is 2.28. The van der Waals surface area contributed by atoms with Gasteiger partial charge in [0.25, 0.3) is 5.91 Å². The van der Waals surface area contributed by atoms with Crippen molar-refractivity contribution in [3.63, 3.8) is 0 Å². The lowest BCUT2D eigenvalue weighted by atomic mass is 9.82. The summed E-state index contributed by atoms with van der Waals surface area (Å²) in [6, 6.07) is 6.55. The largest absolute Gasteiger partial charge is 0.481 e. The van der Waals surface area contributed by atoms with Crippen LogP contribution >= 0.6 is 0 Å². The standard InChI is InChI=1S/C26H31N5O5/c1-2-36-23(34)16-28-25-24(19-9-6-11-27-15-19)30-21-13-18(10-12-31(21)25)26(35)29-20(14-22(32)33)17-7-4-3-5-8-17/h6,9-13,15,17,20,28H,2-5,7-8,14,16H2,1H3,(H,29,35)(H,32,33). The van der Waals surface area contributed by atoms with E-state index in [0.29, 0.717) is 22.7 Å². The van der Waals surface area contributed by atoms with Gasteiger partial charge in [-0.25, -0.2) is 4.98 Å². The van der Waals surface area contributed by atoms with Crippen LogP contribution in [0.5, 0.6) is 0 Å². The first-order chi connectivity index (χ1) is 17.5. The molecule has 4 rings (SSSR count). The predicted molar refractivity (Wildman–Crippen MR) is 134 cm³/mol. The Balaban J connectivity index is 1.62. The van der Waals surface area contributed by atoms with Gasteiger partial charge in [0, 0.05) is 35.8 Å². The molecule has 3 heterocycles. The molecular formula is C26H31N5O5. The van der Waals surface area contributed by atoms with Gasteiger partial charge in [0.2, 0.25) is 0 Å². The van der Waals surface area contributed by atoms with Crippen molar-refractivity contribution < 1.29 is 24.2 Å². The van der Waals surface area contributed by atoms with Gasteiger partial charge >= 0.3 is 11.9 Å². The average molecular weight is 494 g/mol. The SMILES string of the molecule is CCOC(=O)CNc1c(-c2cccnc2)nc2cc(C(=O)NC(CC(=O)O)C3CCCCC3)ccn12. The Kier molecular flexibility index (Phi) is 8.14. The Bertz CT molecular complexity index is 1220. The summed E-state index contributed by atoms with van der Waals surface area (Å²) in [5.41, 5.74) is 2.21. The smallest absolute Gasteiger partial charge is 0.325 e. The molecule has 3 N–H and O–H groups in total. The molecule has 0 bridgehead atoms. The molecule has 1 unspecified atom stereocenters. The molecule has 1 atom stereocenters. The molecule has 0 aliphatic heterocycles. The van der Waals surface area contributed by atoms with Crippen LogP contribution < -0.4 is 10.6 Å². The third kappa shape index (κ3) is 5.99. The number of aliphatic carboxylic acids is 1. The van der Waals surface area contributed by atoms with E-state index in [-0.39, 0.29) is 31.4 Å². The summed E-state index contributed by atoms with van der Waals surface area (Å²) in [6.45, 7) is 1.98. The lowest BCUT2D eigenvalue weighted by molar-refractivity contribution is -0.141. The van der Waals surface area contributed by atoms with Crippen molar-refractivity contribution >= 4 is 29.3 Å². The fraction of sp³-hybridized carbons (Fsp3) is 0.423. The molecule has 36 heavy (non-hydrogen) atoms. The number of esters is 1. The zero-order valence-corrected chi connectivity index (χ0v) is 20.3. The monoisotopic (exact) mass is 493 g/mol. The average Bonchev–Trinajstić information content (AvgIpc) is 3.26. The number of carboxylic acids is 1. The zero-order valence-electron chi connectivity index (χ0n) is 20.3. The van der Waals surface area contributed by atoms with E-state index in [2.05, 4.69) is 15.6 Å². The number of nitrogens with one attached hydrogen (secondary N) is 2. The number of anilines is 1. The summed E-state index contributed by atoms with van der Waals surface area (Å²) >= 11 is 0. The summed E-state index contributed by atoms with van der Waals surface area (Å²) in [7, 11) is 0. The highest BCUT2D eigenvalue weighted by Crippen LogP contribution is 2.30. The number of hydrogen-bond acceptors (Lipinski definition) is 7. The van der Waals surface area contributed by atoms with E-state index in [1.807, 2.05) is 6.07 Å². The fourth-order valence-corrected chi connectivity index (χ4v) is 4.74. The summed E-state index contributed by atoms with van der Waals surface area (Å²) in [4.78, 5) is 45.4. The van der Waals surface area contributed by atoms with Crippen molar-refractivity contribution in [2.24, 2.45) is 5.92 Å². The molecule has 10 heteroatoms. The predicted octanol–water partition coefficient (Wildman–Crippen LogP) is 3.52. The van der Waals surface area contributed by atoms with Gasteiger partial charge in [-0.3, -0.25) is 23.8 Å². The Hall–Kier alpha value is -3.95. The van der Waals surface area contributed by atoms with Crippen LogP contribution in [-0.2, 0) is 14.3 Å². The molecule has 1 aliphatic rings. The van der Waals surface area contributed by atoms with E-state index in [1.165, 1.54) is 0 Å². The van der Waals surface area contributed by atoms with Gasteiger partial charge in [-0.1, -0.05) is 19.3 Å². The molecule has 3 aromatic heterocycles. The lowest BCUT2D eigenvalue weighted by Gasteiger charge is -2.30. The molecule has 1 amide bonds. The van der Waals surface area contributed by atoms with E-state index in [1.54, 1.807) is 48.1 Å². The number of carboxylic acid groups (broad SMARTS) is 1. The van der Waals surface area contributed by atoms with E-state index in [9.17, 15) is 19.5 Å². The van der Waals surface area contributed by atoms with Crippen molar-refractivity contribution in [1.82, 2.24) is 19.7 Å². The number of hydrogen-bond donors (Lipinski definition) is 3. The first-order valence-corrected chi connectivity index (χ1v) is 12.3. The third-order valence-electron chi connectivity index (χ3n) is 6.46. The molecule has 0 spiro atoms. The molecule has 1 aliphatic carbocycles. The molecular weight excluding hydrogens is 462 g/mol. The first kappa shape index (κ1) is 25.2. The summed E-state index contributed by atoms with van der Waals surface area (Å²) in [5.74, 6) is -0.921. The van der Waals surface area contributed by atoms with Crippen molar-refractivity contribution in [2.75, 3.05) is 18.5 Å². The Morgan fingerprint density at radius 2 is 2.03 bits per heavy atom. The molecule has 1 fully saturated rings. The molecule has 0 saturated heterocycles. The number of amides is 1. The minimum atomic E-state index is -0.923. The number of pyridine rings is 2. The maximum absolute atomic E-state index is 13.1. The van der Waals surface area contributed by atoms with Crippen molar-refractivity contribution in [2.45, 2.75) is 51.5 Å². The summed E-state index contributed by atoms with van der Waals surface area (Å²) < 4.78 is 6.78. The van der Waals surface area contributed by atoms with Gasteiger partial charge in [-0.15, -0.1) is 0 Å². The quantitative estimate of drug-likeness (QED) is 0.365. The van der Waals surface area contributed by atoms with Crippen molar-refractivity contribution in [3.8, 4) is 11.3 Å². The van der Waals surface area contributed by atoms with Crippen molar-refractivity contribution in [1.29, 1.82) is 0 Å². The van der Waals surface area contributed by atoms with Crippen LogP contribution in [0, 0.1) is 5.92 Å². The van der Waals surface area contributed by atoms with E-state index in [4.69, 9.17) is 9.72 Å². The number of aromatic nitrogens is 3. The Labute approximate surface area is 209 Å². The van der Waals surface area contributed by atoms with Crippen LogP contribution in [0.25, 0.3) is 16.9 Å². The van der Waals surface area contributed by atoms with E-state index in [0.717, 1.165) is 37.7 Å². The normalized spacial score (nSPS) is 14.8. The molecule has 3 aromatic rings. The summed E-state index contributed by atoms with van der Waals surface area (Å²) in [5, 5.41) is 15.5. The Morgan fingerprint density at radius 3 is 2.72 bits per heavy atom. The number of carbonyl (C=O) groups is 3. The van der Waals surface area contributed by atoms with Crippen LogP contribution in [0.1, 0.15) is 55.8 Å². The van der Waals surface area contributed by atoms with Gasteiger partial charge in [0.15, 0.2) is 0 Å². The number of fused-ring (bicyclic) bond motifs is 1. The van der Waals surface area contributed by atoms with E-state index < -0.39 is 18.0 Å². The number of nitrogens with zero attached hydrogens (tertiary/aromatic N) is 3. The van der Waals surface area contributed by atoms with Crippen LogP contribution in [0.3, 0.4) is 0 Å². The topological polar surface area (TPSA) is 135 Å². The summed E-state index contributed by atoms with van der Waals surface area (Å²) in [6.07, 6.45) is 10.0. The van der Waals surface area contributed by atoms with Gasteiger partial charge < -0.3 is 20.5 Å². The van der Waals surface area contributed by atoms with Crippen molar-refractivity contribution in [3.05, 3.63) is 48.4 Å².